The minimum atomic E-state index is 0.700. The SMILES string of the molecule is c1ccc(-c2cccc(-n3c4ccc5cccc6c5c4c4c(cc5ccccc5c43)-c3ccccc3-6)n2)cc1.c1ccc(-n2c3ccc4cccc5c4c3c3c(cc4ccccc4c32)-c2ccccc2-5)nc1.c1cnc(-n2c3ccc4cccc5c4c3c3c(cc4ccccc4c32)-c2ccccc2-5)nc1. The number of aromatic nitrogens is 7. The summed E-state index contributed by atoms with van der Waals surface area (Å²) in [7, 11) is 0. The number of hydrogen-bond acceptors (Lipinski definition) is 4. The van der Waals surface area contributed by atoms with Crippen molar-refractivity contribution >= 4 is 130 Å². The first-order chi connectivity index (χ1) is 52.2. The molecular formula is C98H57N7. The van der Waals surface area contributed by atoms with Crippen molar-refractivity contribution in [2.45, 2.75) is 0 Å². The highest BCUT2D eigenvalue weighted by Gasteiger charge is 2.31. The van der Waals surface area contributed by atoms with Crippen LogP contribution in [0.1, 0.15) is 0 Å². The van der Waals surface area contributed by atoms with Gasteiger partial charge in [-0.15, -0.1) is 0 Å². The van der Waals surface area contributed by atoms with Gasteiger partial charge < -0.3 is 0 Å². The first-order valence-electron chi connectivity index (χ1n) is 35.9. The minimum absolute atomic E-state index is 0.700. The molecule has 0 unspecified atom stereocenters. The molecule has 0 N–H and O–H groups in total. The van der Waals surface area contributed by atoms with Gasteiger partial charge in [0.15, 0.2) is 0 Å². The average Bonchev–Trinajstić information content (AvgIpc) is 1.55. The summed E-state index contributed by atoms with van der Waals surface area (Å²) in [6, 6.07) is 118. The summed E-state index contributed by atoms with van der Waals surface area (Å²) in [4.78, 5) is 19.4. The van der Waals surface area contributed by atoms with Crippen LogP contribution in [-0.2, 0) is 0 Å². The van der Waals surface area contributed by atoms with Gasteiger partial charge in [0.1, 0.15) is 11.6 Å². The van der Waals surface area contributed by atoms with Gasteiger partial charge in [-0.05, 0) is 182 Å². The Kier molecular flexibility index (Phi) is 12.2. The Morgan fingerprint density at radius 2 is 0.543 bits per heavy atom. The Labute approximate surface area is 601 Å². The van der Waals surface area contributed by atoms with E-state index >= 15 is 0 Å². The van der Waals surface area contributed by atoms with Crippen LogP contribution >= 0.6 is 0 Å². The highest BCUT2D eigenvalue weighted by molar-refractivity contribution is 6.37. The van der Waals surface area contributed by atoms with Crippen LogP contribution in [0.2, 0.25) is 0 Å². The topological polar surface area (TPSA) is 66.3 Å². The maximum atomic E-state index is 5.25. The van der Waals surface area contributed by atoms with E-state index in [9.17, 15) is 0 Å². The highest BCUT2D eigenvalue weighted by atomic mass is 15.2. The molecule has 3 aliphatic carbocycles. The largest absolute Gasteiger partial charge is 0.293 e. The van der Waals surface area contributed by atoms with Gasteiger partial charge in [-0.1, -0.05) is 261 Å². The number of fused-ring (bicyclic) bond motifs is 15. The van der Waals surface area contributed by atoms with Crippen LogP contribution in [0.5, 0.6) is 0 Å². The third-order valence-corrected chi connectivity index (χ3v) is 22.5. The van der Waals surface area contributed by atoms with Gasteiger partial charge in [0.05, 0.1) is 38.8 Å². The summed E-state index contributed by atoms with van der Waals surface area (Å²) in [5.74, 6) is 2.58. The molecule has 0 saturated carbocycles. The van der Waals surface area contributed by atoms with Gasteiger partial charge in [-0.3, -0.25) is 13.7 Å². The molecule has 105 heavy (non-hydrogen) atoms. The maximum Gasteiger partial charge on any atom is 0.234 e. The number of hydrogen-bond donors (Lipinski definition) is 0. The zero-order chi connectivity index (χ0) is 68.5. The Bertz CT molecular complexity index is 7230. The first-order valence-corrected chi connectivity index (χ1v) is 35.9. The molecule has 25 rings (SSSR count). The smallest absolute Gasteiger partial charge is 0.234 e. The van der Waals surface area contributed by atoms with Crippen molar-refractivity contribution in [2.75, 3.05) is 0 Å². The Morgan fingerprint density at radius 3 is 0.990 bits per heavy atom. The molecule has 0 atom stereocenters. The van der Waals surface area contributed by atoms with Crippen LogP contribution in [0.4, 0.5) is 0 Å². The third kappa shape index (κ3) is 8.20. The van der Waals surface area contributed by atoms with Crippen molar-refractivity contribution in [2.24, 2.45) is 0 Å². The fourth-order valence-corrected chi connectivity index (χ4v) is 18.3. The van der Waals surface area contributed by atoms with Crippen LogP contribution < -0.4 is 0 Å². The molecule has 484 valence electrons. The molecule has 0 saturated heterocycles. The van der Waals surface area contributed by atoms with E-state index in [1.807, 2.05) is 36.8 Å². The highest BCUT2D eigenvalue weighted by Crippen LogP contribution is 2.55. The molecule has 0 fully saturated rings. The van der Waals surface area contributed by atoms with Gasteiger partial charge in [-0.25, -0.2) is 19.9 Å². The van der Waals surface area contributed by atoms with E-state index in [-0.39, 0.29) is 0 Å². The quantitative estimate of drug-likeness (QED) is 0.176. The van der Waals surface area contributed by atoms with Crippen LogP contribution in [0.15, 0.2) is 346 Å². The molecule has 3 aliphatic rings. The molecule has 0 aliphatic heterocycles. The normalized spacial score (nSPS) is 12.2. The Balaban J connectivity index is 0.0000000965. The molecule has 0 bridgehead atoms. The molecule has 7 heteroatoms. The number of pyridine rings is 2. The molecule has 7 nitrogen and oxygen atoms in total. The summed E-state index contributed by atoms with van der Waals surface area (Å²) < 4.78 is 7.01. The molecule has 16 aromatic carbocycles. The van der Waals surface area contributed by atoms with Gasteiger partial charge in [0.25, 0.3) is 0 Å². The second kappa shape index (κ2) is 22.2. The first kappa shape index (κ1) is 57.6. The lowest BCUT2D eigenvalue weighted by atomic mass is 9.92. The van der Waals surface area contributed by atoms with Crippen molar-refractivity contribution in [1.29, 1.82) is 0 Å². The Hall–Kier alpha value is -14.1. The molecule has 0 spiro atoms. The lowest BCUT2D eigenvalue weighted by Crippen LogP contribution is -2.00. The number of nitrogens with zero attached hydrogens (tertiary/aromatic N) is 7. The average molecular weight is 1330 g/mol. The Morgan fingerprint density at radius 1 is 0.200 bits per heavy atom. The van der Waals surface area contributed by atoms with E-state index in [0.717, 1.165) is 28.4 Å². The van der Waals surface area contributed by atoms with Gasteiger partial charge in [0.2, 0.25) is 5.95 Å². The fraction of sp³-hybridized carbons (Fsp3) is 0. The fourth-order valence-electron chi connectivity index (χ4n) is 18.3. The van der Waals surface area contributed by atoms with E-state index in [0.29, 0.717) is 5.95 Å². The summed E-state index contributed by atoms with van der Waals surface area (Å²) in [6.45, 7) is 0. The predicted molar refractivity (Wildman–Crippen MR) is 437 cm³/mol. The van der Waals surface area contributed by atoms with Crippen LogP contribution in [0.25, 0.3) is 226 Å². The number of benzene rings is 16. The van der Waals surface area contributed by atoms with Crippen molar-refractivity contribution < 1.29 is 0 Å². The second-order valence-electron chi connectivity index (χ2n) is 27.8. The monoisotopic (exact) mass is 1330 g/mol. The minimum Gasteiger partial charge on any atom is -0.293 e. The van der Waals surface area contributed by atoms with E-state index < -0.39 is 0 Å². The summed E-state index contributed by atoms with van der Waals surface area (Å²) in [5.41, 5.74) is 24.7. The molecule has 6 aromatic heterocycles. The standard InChI is InChI=1S/C37H22N2.C31H18N2.C30H17N3/c1-2-10-23(11-3-1)31-18-9-19-33(38-31)39-32-21-20-24-13-8-17-29-27-15-6-7-16-28(27)30-22-25-12-4-5-14-26(25)37(39)35(30)36(32)34(24)29;1-2-10-21-20(8-1)18-25-23-12-4-3-11-22(23)24-13-7-9-19-15-16-26-30(28(19)24)29(25)31(21)33(26)27-14-5-6-17-32-27;1-2-9-20-19(7-1)17-24-22-11-4-3-10-21(22)23-12-5-8-18-13-14-25-28(26(18)23)27(24)29(20)33(25)30-31-15-6-16-32-30/h1-22H;1-18H;1-17H. The van der Waals surface area contributed by atoms with E-state index in [2.05, 4.69) is 333 Å². The van der Waals surface area contributed by atoms with Gasteiger partial charge in [0, 0.05) is 72.6 Å². The maximum absolute atomic E-state index is 5.25. The van der Waals surface area contributed by atoms with Gasteiger partial charge >= 0.3 is 0 Å². The van der Waals surface area contributed by atoms with Crippen LogP contribution in [-0.4, -0.2) is 33.6 Å². The zero-order valence-corrected chi connectivity index (χ0v) is 56.5. The number of rotatable bonds is 4. The summed E-state index contributed by atoms with van der Waals surface area (Å²) in [6.07, 6.45) is 5.52. The van der Waals surface area contributed by atoms with Gasteiger partial charge in [-0.2, -0.15) is 0 Å². The van der Waals surface area contributed by atoms with Crippen molar-refractivity contribution in [3.05, 3.63) is 346 Å². The predicted octanol–water partition coefficient (Wildman–Crippen LogP) is 25.5. The molecule has 6 heterocycles. The molecule has 0 amide bonds. The summed E-state index contributed by atoms with van der Waals surface area (Å²) in [5, 5.41) is 23.0. The van der Waals surface area contributed by atoms with E-state index in [4.69, 9.17) is 9.97 Å². The summed E-state index contributed by atoms with van der Waals surface area (Å²) >= 11 is 0. The lowest BCUT2D eigenvalue weighted by Gasteiger charge is -2.15. The van der Waals surface area contributed by atoms with Crippen molar-refractivity contribution in [3.63, 3.8) is 0 Å². The molecular weight excluding hydrogens is 1280 g/mol. The van der Waals surface area contributed by atoms with E-state index in [1.54, 1.807) is 0 Å². The molecule has 22 aromatic rings. The third-order valence-electron chi connectivity index (χ3n) is 22.5. The van der Waals surface area contributed by atoms with Crippen LogP contribution in [0.3, 0.4) is 0 Å². The van der Waals surface area contributed by atoms with Crippen molar-refractivity contribution in [1.82, 2.24) is 33.6 Å². The van der Waals surface area contributed by atoms with Crippen LogP contribution in [0, 0.1) is 0 Å². The van der Waals surface area contributed by atoms with E-state index in [1.165, 1.54) is 191 Å². The lowest BCUT2D eigenvalue weighted by molar-refractivity contribution is 0.991. The second-order valence-corrected chi connectivity index (χ2v) is 27.8. The molecule has 0 radical (unpaired) electrons. The zero-order valence-electron chi connectivity index (χ0n) is 56.5. The van der Waals surface area contributed by atoms with Crippen molar-refractivity contribution in [3.8, 4) is 95.6 Å².